The third-order valence-corrected chi connectivity index (χ3v) is 5.94. The fraction of sp³-hybridized carbons (Fsp3) is 0.348. The van der Waals surface area contributed by atoms with Crippen LogP contribution in [0.2, 0.25) is 0 Å². The highest BCUT2D eigenvalue weighted by Crippen LogP contribution is 2.44. The molecule has 2 aromatic carbocycles. The summed E-state index contributed by atoms with van der Waals surface area (Å²) in [6.45, 7) is 1.69. The molecule has 1 fully saturated rings. The number of rotatable bonds is 5. The van der Waals surface area contributed by atoms with E-state index in [1.165, 1.54) is 0 Å². The van der Waals surface area contributed by atoms with Gasteiger partial charge >= 0.3 is 0 Å². The number of ether oxygens (including phenoxy) is 2. The van der Waals surface area contributed by atoms with E-state index in [1.54, 1.807) is 11.0 Å². The van der Waals surface area contributed by atoms with Crippen molar-refractivity contribution in [3.63, 3.8) is 0 Å². The van der Waals surface area contributed by atoms with Gasteiger partial charge < -0.3 is 9.47 Å². The van der Waals surface area contributed by atoms with E-state index in [0.717, 1.165) is 42.6 Å². The van der Waals surface area contributed by atoms with E-state index in [1.807, 2.05) is 48.5 Å². The van der Waals surface area contributed by atoms with Gasteiger partial charge in [0.1, 0.15) is 19.5 Å². The van der Waals surface area contributed by atoms with Gasteiger partial charge in [0, 0.05) is 0 Å². The highest BCUT2D eigenvalue weighted by Gasteiger charge is 2.43. The molecule has 1 amide bonds. The van der Waals surface area contributed by atoms with Gasteiger partial charge in [-0.05, 0) is 36.1 Å². The molecule has 154 valence electrons. The zero-order chi connectivity index (χ0) is 20.4. The lowest BCUT2D eigenvalue weighted by atomic mass is 9.78. The van der Waals surface area contributed by atoms with Crippen LogP contribution in [0.1, 0.15) is 36.8 Å². The van der Waals surface area contributed by atoms with Gasteiger partial charge in [-0.25, -0.2) is 9.67 Å². The molecule has 5 rings (SSSR count). The van der Waals surface area contributed by atoms with Crippen LogP contribution in [0.15, 0.2) is 54.9 Å². The van der Waals surface area contributed by atoms with Crippen LogP contribution in [-0.2, 0) is 16.8 Å². The minimum atomic E-state index is -0.597. The molecule has 0 saturated heterocycles. The zero-order valence-corrected chi connectivity index (χ0v) is 16.7. The van der Waals surface area contributed by atoms with Crippen molar-refractivity contribution in [2.75, 3.05) is 18.5 Å². The highest BCUT2D eigenvalue weighted by atomic mass is 16.6. The zero-order valence-electron chi connectivity index (χ0n) is 16.7. The highest BCUT2D eigenvalue weighted by molar-refractivity contribution is 5.98. The molecule has 1 saturated carbocycles. The third-order valence-electron chi connectivity index (χ3n) is 5.94. The summed E-state index contributed by atoms with van der Waals surface area (Å²) in [5, 5.41) is 7.40. The molecule has 1 aliphatic carbocycles. The first-order valence-electron chi connectivity index (χ1n) is 10.4. The Kier molecular flexibility index (Phi) is 4.86. The number of anilines is 1. The van der Waals surface area contributed by atoms with Crippen molar-refractivity contribution in [3.05, 3.63) is 66.0 Å². The second-order valence-electron chi connectivity index (χ2n) is 7.85. The summed E-state index contributed by atoms with van der Waals surface area (Å²) in [5.41, 5.74) is 1.50. The van der Waals surface area contributed by atoms with Gasteiger partial charge in [0.15, 0.2) is 11.5 Å². The van der Waals surface area contributed by atoms with Gasteiger partial charge in [0.25, 0.3) is 0 Å². The lowest BCUT2D eigenvalue weighted by Gasteiger charge is -2.29. The maximum atomic E-state index is 13.4. The maximum Gasteiger partial charge on any atom is 0.248 e. The van der Waals surface area contributed by atoms with E-state index in [0.29, 0.717) is 31.5 Å². The molecule has 0 spiro atoms. The Morgan fingerprint density at radius 1 is 1.03 bits per heavy atom. The number of carbonyl (C=O) groups is 1. The first-order valence-corrected chi connectivity index (χ1v) is 10.4. The number of carbonyl (C=O) groups excluding carboxylic acids is 1. The van der Waals surface area contributed by atoms with Gasteiger partial charge in [-0.2, -0.15) is 0 Å². The van der Waals surface area contributed by atoms with E-state index < -0.39 is 5.41 Å². The minimum Gasteiger partial charge on any atom is -0.486 e. The summed E-state index contributed by atoms with van der Waals surface area (Å²) >= 11 is 0. The summed E-state index contributed by atoms with van der Waals surface area (Å²) in [7, 11) is 0. The summed E-state index contributed by atoms with van der Waals surface area (Å²) in [6, 6.07) is 15.9. The second-order valence-corrected chi connectivity index (χ2v) is 7.85. The van der Waals surface area contributed by atoms with Crippen molar-refractivity contribution >= 4 is 11.9 Å². The summed E-state index contributed by atoms with van der Waals surface area (Å²) in [6.07, 6.45) is 5.26. The van der Waals surface area contributed by atoms with Crippen molar-refractivity contribution < 1.29 is 14.3 Å². The van der Waals surface area contributed by atoms with Crippen LogP contribution in [-0.4, -0.2) is 33.9 Å². The molecule has 0 unspecified atom stereocenters. The molecule has 30 heavy (non-hydrogen) atoms. The fourth-order valence-electron chi connectivity index (χ4n) is 4.39. The maximum absolute atomic E-state index is 13.4. The van der Waals surface area contributed by atoms with E-state index in [4.69, 9.17) is 9.47 Å². The first-order chi connectivity index (χ1) is 14.7. The predicted octanol–water partition coefficient (Wildman–Crippen LogP) is 3.55. The molecule has 7 nitrogen and oxygen atoms in total. The second kappa shape index (κ2) is 7.82. The fourth-order valence-corrected chi connectivity index (χ4v) is 4.39. The number of hydrogen-bond acceptors (Lipinski definition) is 5. The van der Waals surface area contributed by atoms with Crippen molar-refractivity contribution in [1.29, 1.82) is 0 Å². The molecule has 3 aromatic rings. The minimum absolute atomic E-state index is 0.0610. The van der Waals surface area contributed by atoms with Gasteiger partial charge in [-0.15, -0.1) is 5.10 Å². The Hall–Kier alpha value is -3.35. The smallest absolute Gasteiger partial charge is 0.248 e. The Labute approximate surface area is 175 Å². The van der Waals surface area contributed by atoms with E-state index in [-0.39, 0.29) is 5.91 Å². The Morgan fingerprint density at radius 3 is 2.60 bits per heavy atom. The molecule has 0 radical (unpaired) electrons. The standard InChI is InChI=1S/C23H24N4O3/c28-21(25-22-24-16-27(26-22)15-17-6-2-1-3-7-17)23(10-4-5-11-23)18-8-9-19-20(14-18)30-13-12-29-19/h1-3,6-9,14,16H,4-5,10-13,15H2,(H,25,26,28). The van der Waals surface area contributed by atoms with Crippen LogP contribution in [0.25, 0.3) is 0 Å². The van der Waals surface area contributed by atoms with Crippen molar-refractivity contribution in [2.45, 2.75) is 37.6 Å². The van der Waals surface area contributed by atoms with Crippen molar-refractivity contribution in [2.24, 2.45) is 0 Å². The Balaban J connectivity index is 1.36. The molecule has 0 atom stereocenters. The normalized spacial score (nSPS) is 16.9. The summed E-state index contributed by atoms with van der Waals surface area (Å²) in [5.74, 6) is 1.72. The van der Waals surface area contributed by atoms with Gasteiger partial charge in [0.05, 0.1) is 12.0 Å². The molecule has 2 heterocycles. The Morgan fingerprint density at radius 2 is 1.80 bits per heavy atom. The number of nitrogens with zero attached hydrogens (tertiary/aromatic N) is 3. The van der Waals surface area contributed by atoms with Gasteiger partial charge in [-0.3, -0.25) is 10.1 Å². The van der Waals surface area contributed by atoms with Crippen LogP contribution >= 0.6 is 0 Å². The first kappa shape index (κ1) is 18.7. The van der Waals surface area contributed by atoms with Crippen LogP contribution in [0.3, 0.4) is 0 Å². The molecule has 1 aromatic heterocycles. The quantitative estimate of drug-likeness (QED) is 0.704. The largest absolute Gasteiger partial charge is 0.486 e. The average molecular weight is 404 g/mol. The summed E-state index contributed by atoms with van der Waals surface area (Å²) in [4.78, 5) is 17.7. The SMILES string of the molecule is O=C(Nc1ncn(Cc2ccccc2)n1)C1(c2ccc3c(c2)OCCO3)CCCC1. The predicted molar refractivity (Wildman–Crippen MR) is 112 cm³/mol. The average Bonchev–Trinajstić information content (AvgIpc) is 3.45. The lowest BCUT2D eigenvalue weighted by molar-refractivity contribution is -0.121. The Bertz CT molecular complexity index is 1040. The molecular weight excluding hydrogens is 380 g/mol. The molecule has 7 heteroatoms. The van der Waals surface area contributed by atoms with Crippen LogP contribution < -0.4 is 14.8 Å². The topological polar surface area (TPSA) is 78.3 Å². The monoisotopic (exact) mass is 404 g/mol. The van der Waals surface area contributed by atoms with Crippen molar-refractivity contribution in [1.82, 2.24) is 14.8 Å². The summed E-state index contributed by atoms with van der Waals surface area (Å²) < 4.78 is 13.1. The van der Waals surface area contributed by atoms with Gasteiger partial charge in [0.2, 0.25) is 11.9 Å². The number of fused-ring (bicyclic) bond motifs is 1. The molecule has 0 bridgehead atoms. The molecular formula is C23H24N4O3. The number of hydrogen-bond donors (Lipinski definition) is 1. The van der Waals surface area contributed by atoms with Gasteiger partial charge in [-0.1, -0.05) is 49.2 Å². The molecule has 1 aliphatic heterocycles. The number of aromatic nitrogens is 3. The van der Waals surface area contributed by atoms with E-state index >= 15 is 0 Å². The van der Waals surface area contributed by atoms with Crippen LogP contribution in [0, 0.1) is 0 Å². The lowest BCUT2D eigenvalue weighted by Crippen LogP contribution is -2.38. The number of benzene rings is 2. The van der Waals surface area contributed by atoms with Crippen LogP contribution in [0.5, 0.6) is 11.5 Å². The number of amides is 1. The van der Waals surface area contributed by atoms with Crippen LogP contribution in [0.4, 0.5) is 5.95 Å². The molecule has 2 aliphatic rings. The van der Waals surface area contributed by atoms with E-state index in [9.17, 15) is 4.79 Å². The number of nitrogens with one attached hydrogen (secondary N) is 1. The van der Waals surface area contributed by atoms with E-state index in [2.05, 4.69) is 15.4 Å². The van der Waals surface area contributed by atoms with Crippen molar-refractivity contribution in [3.8, 4) is 11.5 Å². The molecule has 1 N–H and O–H groups in total. The third kappa shape index (κ3) is 3.51.